The number of carbonyl (C=O) groups is 2. The van der Waals surface area contributed by atoms with Crippen LogP contribution in [0.4, 0.5) is 0 Å². The Labute approximate surface area is 110 Å². The summed E-state index contributed by atoms with van der Waals surface area (Å²) in [5.74, 6) is -0.273. The van der Waals surface area contributed by atoms with Crippen LogP contribution in [-0.2, 0) is 15.0 Å². The second-order valence-electron chi connectivity index (χ2n) is 5.13. The molecule has 19 heavy (non-hydrogen) atoms. The van der Waals surface area contributed by atoms with Crippen molar-refractivity contribution in [2.75, 3.05) is 13.1 Å². The number of carbonyl (C=O) groups excluding carboxylic acids is 1. The molecule has 3 rings (SSSR count). The number of benzene rings is 1. The van der Waals surface area contributed by atoms with E-state index in [2.05, 4.69) is 0 Å². The second kappa shape index (κ2) is 4.26. The van der Waals surface area contributed by atoms with Gasteiger partial charge in [-0.05, 0) is 18.9 Å². The maximum atomic E-state index is 11.5. The third-order valence-corrected chi connectivity index (χ3v) is 4.23. The number of ether oxygens (including phenoxy) is 1. The Hall–Kier alpha value is -2.04. The number of hydrogen-bond donors (Lipinski definition) is 1. The zero-order valence-corrected chi connectivity index (χ0v) is 10.4. The van der Waals surface area contributed by atoms with Gasteiger partial charge in [-0.2, -0.15) is 0 Å². The normalized spacial score (nSPS) is 23.8. The van der Waals surface area contributed by atoms with E-state index in [0.717, 1.165) is 12.0 Å². The predicted octanol–water partition coefficient (Wildman–Crippen LogP) is 1.02. The molecule has 2 heterocycles. The van der Waals surface area contributed by atoms with Crippen molar-refractivity contribution >= 4 is 12.4 Å². The molecule has 1 N–H and O–H groups in total. The Morgan fingerprint density at radius 2 is 2.05 bits per heavy atom. The monoisotopic (exact) mass is 261 g/mol. The van der Waals surface area contributed by atoms with Gasteiger partial charge in [-0.1, -0.05) is 18.2 Å². The Bertz CT molecular complexity index is 520. The fraction of sp³-hybridized carbons (Fsp3) is 0.429. The molecule has 0 bridgehead atoms. The van der Waals surface area contributed by atoms with Gasteiger partial charge in [0.1, 0.15) is 5.75 Å². The van der Waals surface area contributed by atoms with Gasteiger partial charge < -0.3 is 14.7 Å². The molecular weight excluding hydrogens is 246 g/mol. The van der Waals surface area contributed by atoms with Gasteiger partial charge in [-0.3, -0.25) is 4.79 Å². The zero-order chi connectivity index (χ0) is 13.5. The number of aliphatic carboxylic acids is 1. The summed E-state index contributed by atoms with van der Waals surface area (Å²) in [6.07, 6.45) is 1.22. The molecule has 1 atom stereocenters. The lowest BCUT2D eigenvalue weighted by Gasteiger charge is -2.39. The van der Waals surface area contributed by atoms with E-state index >= 15 is 0 Å². The highest BCUT2D eigenvalue weighted by Crippen LogP contribution is 2.49. The highest BCUT2D eigenvalue weighted by molar-refractivity contribution is 5.77. The maximum absolute atomic E-state index is 11.5. The SMILES string of the molecule is O=CN1CCC2(CC1)c1ccccc1OC2C(=O)O. The summed E-state index contributed by atoms with van der Waals surface area (Å²) in [6, 6.07) is 7.50. The predicted molar refractivity (Wildman–Crippen MR) is 67.0 cm³/mol. The molecule has 0 saturated carbocycles. The quantitative estimate of drug-likeness (QED) is 0.807. The van der Waals surface area contributed by atoms with Crippen molar-refractivity contribution in [2.24, 2.45) is 0 Å². The molecule has 1 fully saturated rings. The first-order chi connectivity index (χ1) is 9.17. The first-order valence-corrected chi connectivity index (χ1v) is 6.36. The van der Waals surface area contributed by atoms with E-state index in [1.165, 1.54) is 0 Å². The van der Waals surface area contributed by atoms with Crippen LogP contribution in [0.5, 0.6) is 5.75 Å². The van der Waals surface area contributed by atoms with Gasteiger partial charge in [-0.15, -0.1) is 0 Å². The smallest absolute Gasteiger partial charge is 0.345 e. The first kappa shape index (κ1) is 12.0. The molecule has 0 radical (unpaired) electrons. The van der Waals surface area contributed by atoms with Crippen molar-refractivity contribution in [2.45, 2.75) is 24.4 Å². The highest BCUT2D eigenvalue weighted by atomic mass is 16.5. The molecule has 0 aromatic heterocycles. The van der Waals surface area contributed by atoms with Crippen molar-refractivity contribution in [3.63, 3.8) is 0 Å². The topological polar surface area (TPSA) is 66.8 Å². The largest absolute Gasteiger partial charge is 0.478 e. The molecule has 1 aromatic rings. The second-order valence-corrected chi connectivity index (χ2v) is 5.13. The van der Waals surface area contributed by atoms with Gasteiger partial charge in [0.05, 0.1) is 5.41 Å². The number of likely N-dealkylation sites (tertiary alicyclic amines) is 1. The van der Waals surface area contributed by atoms with Crippen molar-refractivity contribution in [3.05, 3.63) is 29.8 Å². The van der Waals surface area contributed by atoms with Crippen LogP contribution < -0.4 is 4.74 Å². The molecule has 1 unspecified atom stereocenters. The number of hydrogen-bond acceptors (Lipinski definition) is 3. The lowest BCUT2D eigenvalue weighted by atomic mass is 9.70. The molecule has 5 heteroatoms. The molecule has 5 nitrogen and oxygen atoms in total. The van der Waals surface area contributed by atoms with Crippen molar-refractivity contribution in [1.29, 1.82) is 0 Å². The number of para-hydroxylation sites is 1. The van der Waals surface area contributed by atoms with Crippen molar-refractivity contribution in [1.82, 2.24) is 4.90 Å². The molecule has 2 aliphatic rings. The Balaban J connectivity index is 2.01. The van der Waals surface area contributed by atoms with E-state index in [1.807, 2.05) is 24.3 Å². The number of piperidine rings is 1. The number of fused-ring (bicyclic) bond motifs is 2. The third kappa shape index (κ3) is 1.69. The van der Waals surface area contributed by atoms with Crippen LogP contribution in [0.3, 0.4) is 0 Å². The number of rotatable bonds is 2. The van der Waals surface area contributed by atoms with Gasteiger partial charge in [0.15, 0.2) is 0 Å². The maximum Gasteiger partial charge on any atom is 0.345 e. The number of nitrogens with zero attached hydrogens (tertiary/aromatic N) is 1. The molecule has 100 valence electrons. The Morgan fingerprint density at radius 1 is 1.37 bits per heavy atom. The van der Waals surface area contributed by atoms with Crippen LogP contribution in [0, 0.1) is 0 Å². The number of carboxylic acid groups (broad SMARTS) is 1. The Kier molecular flexibility index (Phi) is 2.69. The van der Waals surface area contributed by atoms with Gasteiger partial charge >= 0.3 is 5.97 Å². The van der Waals surface area contributed by atoms with Crippen molar-refractivity contribution in [3.8, 4) is 5.75 Å². The minimum absolute atomic E-state index is 0.498. The molecule has 2 aliphatic heterocycles. The molecule has 1 spiro atoms. The third-order valence-electron chi connectivity index (χ3n) is 4.23. The first-order valence-electron chi connectivity index (χ1n) is 6.36. The van der Waals surface area contributed by atoms with Crippen molar-refractivity contribution < 1.29 is 19.4 Å². The van der Waals surface area contributed by atoms with Crippen LogP contribution >= 0.6 is 0 Å². The minimum Gasteiger partial charge on any atom is -0.478 e. The van der Waals surface area contributed by atoms with Crippen LogP contribution in [0.15, 0.2) is 24.3 Å². The van der Waals surface area contributed by atoms with E-state index in [-0.39, 0.29) is 0 Å². The summed E-state index contributed by atoms with van der Waals surface area (Å²) in [6.45, 7) is 1.15. The van der Waals surface area contributed by atoms with Crippen LogP contribution in [0.25, 0.3) is 0 Å². The fourth-order valence-corrected chi connectivity index (χ4v) is 3.21. The Morgan fingerprint density at radius 3 is 2.68 bits per heavy atom. The lowest BCUT2D eigenvalue weighted by molar-refractivity contribution is -0.148. The summed E-state index contributed by atoms with van der Waals surface area (Å²) < 4.78 is 5.62. The standard InChI is InChI=1S/C14H15NO4/c16-9-15-7-5-14(6-8-15)10-3-1-2-4-11(10)19-12(14)13(17)18/h1-4,9,12H,5-8H2,(H,17,18). The van der Waals surface area contributed by atoms with E-state index in [9.17, 15) is 14.7 Å². The summed E-state index contributed by atoms with van der Waals surface area (Å²) in [4.78, 5) is 24.0. The fourth-order valence-electron chi connectivity index (χ4n) is 3.21. The average molecular weight is 261 g/mol. The van der Waals surface area contributed by atoms with E-state index in [0.29, 0.717) is 31.7 Å². The molecular formula is C14H15NO4. The minimum atomic E-state index is -0.934. The van der Waals surface area contributed by atoms with Crippen LogP contribution in [-0.4, -0.2) is 41.6 Å². The van der Waals surface area contributed by atoms with Crippen LogP contribution in [0.1, 0.15) is 18.4 Å². The lowest BCUT2D eigenvalue weighted by Crippen LogP contribution is -2.50. The van der Waals surface area contributed by atoms with E-state index < -0.39 is 17.5 Å². The molecule has 1 amide bonds. The number of carboxylic acids is 1. The molecule has 0 aliphatic carbocycles. The average Bonchev–Trinajstić information content (AvgIpc) is 2.75. The van der Waals surface area contributed by atoms with Gasteiger partial charge in [0.25, 0.3) is 0 Å². The zero-order valence-electron chi connectivity index (χ0n) is 10.4. The molecule has 1 saturated heterocycles. The summed E-state index contributed by atoms with van der Waals surface area (Å²) in [5.41, 5.74) is 0.468. The summed E-state index contributed by atoms with van der Waals surface area (Å²) in [5, 5.41) is 9.42. The van der Waals surface area contributed by atoms with E-state index in [1.54, 1.807) is 4.90 Å². The van der Waals surface area contributed by atoms with E-state index in [4.69, 9.17) is 4.74 Å². The molecule has 1 aromatic carbocycles. The summed E-state index contributed by atoms with van der Waals surface area (Å²) in [7, 11) is 0. The number of amides is 1. The summed E-state index contributed by atoms with van der Waals surface area (Å²) >= 11 is 0. The van der Waals surface area contributed by atoms with Gasteiger partial charge in [0.2, 0.25) is 12.5 Å². The van der Waals surface area contributed by atoms with Gasteiger partial charge in [-0.25, -0.2) is 4.79 Å². The van der Waals surface area contributed by atoms with Gasteiger partial charge in [0, 0.05) is 18.7 Å². The van der Waals surface area contributed by atoms with Crippen LogP contribution in [0.2, 0.25) is 0 Å². The highest BCUT2D eigenvalue weighted by Gasteiger charge is 2.53.